The van der Waals surface area contributed by atoms with Crippen molar-refractivity contribution in [2.45, 2.75) is 0 Å². The SMILES string of the molecule is O=C(Nc1nc(-c2c[nH]c3ccccc23)cs1)c1cc(F)cc(F)c1. The minimum atomic E-state index is -0.802. The quantitative estimate of drug-likeness (QED) is 0.553. The van der Waals surface area contributed by atoms with Crippen LogP contribution in [0.3, 0.4) is 0 Å². The van der Waals surface area contributed by atoms with Crippen molar-refractivity contribution < 1.29 is 13.6 Å². The Morgan fingerprint density at radius 1 is 1.12 bits per heavy atom. The first-order chi connectivity index (χ1) is 12.1. The Kier molecular flexibility index (Phi) is 3.77. The van der Waals surface area contributed by atoms with E-state index >= 15 is 0 Å². The highest BCUT2D eigenvalue weighted by molar-refractivity contribution is 7.14. The van der Waals surface area contributed by atoms with Gasteiger partial charge in [0.15, 0.2) is 5.13 Å². The first-order valence-corrected chi connectivity index (χ1v) is 8.27. The van der Waals surface area contributed by atoms with E-state index in [1.54, 1.807) is 0 Å². The van der Waals surface area contributed by atoms with Crippen molar-refractivity contribution >= 4 is 33.3 Å². The summed E-state index contributed by atoms with van der Waals surface area (Å²) in [5, 5.41) is 5.77. The van der Waals surface area contributed by atoms with E-state index in [1.165, 1.54) is 11.3 Å². The van der Waals surface area contributed by atoms with Crippen molar-refractivity contribution in [2.24, 2.45) is 0 Å². The summed E-state index contributed by atoms with van der Waals surface area (Å²) in [6.07, 6.45) is 1.85. The maximum absolute atomic E-state index is 13.2. The molecule has 0 radical (unpaired) electrons. The number of thiazole rings is 1. The van der Waals surface area contributed by atoms with Crippen molar-refractivity contribution in [3.05, 3.63) is 71.2 Å². The lowest BCUT2D eigenvalue weighted by Crippen LogP contribution is -2.12. The molecule has 0 aliphatic carbocycles. The van der Waals surface area contributed by atoms with Crippen LogP contribution < -0.4 is 5.32 Å². The normalized spacial score (nSPS) is 11.0. The van der Waals surface area contributed by atoms with Crippen LogP contribution in [0.5, 0.6) is 0 Å². The molecule has 0 atom stereocenters. The molecule has 0 saturated heterocycles. The maximum atomic E-state index is 13.2. The van der Waals surface area contributed by atoms with Gasteiger partial charge in [-0.05, 0) is 18.2 Å². The molecule has 7 heteroatoms. The molecule has 0 unspecified atom stereocenters. The Morgan fingerprint density at radius 3 is 2.68 bits per heavy atom. The third kappa shape index (κ3) is 3.01. The zero-order valence-electron chi connectivity index (χ0n) is 12.7. The van der Waals surface area contributed by atoms with Crippen molar-refractivity contribution in [3.63, 3.8) is 0 Å². The minimum absolute atomic E-state index is 0.0960. The Bertz CT molecular complexity index is 1070. The lowest BCUT2D eigenvalue weighted by atomic mass is 10.1. The highest BCUT2D eigenvalue weighted by Crippen LogP contribution is 2.31. The molecule has 0 bridgehead atoms. The molecule has 4 nitrogen and oxygen atoms in total. The Labute approximate surface area is 145 Å². The Balaban J connectivity index is 1.60. The first-order valence-electron chi connectivity index (χ1n) is 7.39. The zero-order valence-corrected chi connectivity index (χ0v) is 13.5. The highest BCUT2D eigenvalue weighted by atomic mass is 32.1. The number of nitrogens with zero attached hydrogens (tertiary/aromatic N) is 1. The third-order valence-corrected chi connectivity index (χ3v) is 4.47. The molecular weight excluding hydrogens is 344 g/mol. The molecule has 2 N–H and O–H groups in total. The van der Waals surface area contributed by atoms with Crippen LogP contribution in [0.15, 0.2) is 54.0 Å². The molecular formula is C18H11F2N3OS. The van der Waals surface area contributed by atoms with Crippen molar-refractivity contribution in [1.29, 1.82) is 0 Å². The molecule has 0 fully saturated rings. The van der Waals surface area contributed by atoms with Crippen molar-refractivity contribution in [3.8, 4) is 11.3 Å². The van der Waals surface area contributed by atoms with E-state index in [1.807, 2.05) is 35.8 Å². The van der Waals surface area contributed by atoms with E-state index in [-0.39, 0.29) is 5.56 Å². The number of anilines is 1. The molecule has 0 aliphatic heterocycles. The number of hydrogen-bond donors (Lipinski definition) is 2. The summed E-state index contributed by atoms with van der Waals surface area (Å²) in [5.74, 6) is -2.22. The number of carbonyl (C=O) groups excluding carboxylic acids is 1. The van der Waals surface area contributed by atoms with E-state index in [0.29, 0.717) is 10.8 Å². The fourth-order valence-corrected chi connectivity index (χ4v) is 3.30. The Morgan fingerprint density at radius 2 is 1.88 bits per heavy atom. The average Bonchev–Trinajstić information content (AvgIpc) is 3.20. The van der Waals surface area contributed by atoms with Gasteiger partial charge < -0.3 is 4.98 Å². The Hall–Kier alpha value is -3.06. The first kappa shape index (κ1) is 15.5. The molecule has 2 heterocycles. The second-order valence-electron chi connectivity index (χ2n) is 5.40. The van der Waals surface area contributed by atoms with Crippen LogP contribution in [0.1, 0.15) is 10.4 Å². The van der Waals surface area contributed by atoms with Gasteiger partial charge in [0.2, 0.25) is 0 Å². The number of H-pyrrole nitrogens is 1. The van der Waals surface area contributed by atoms with E-state index in [9.17, 15) is 13.6 Å². The average molecular weight is 355 g/mol. The number of amides is 1. The predicted octanol–water partition coefficient (Wildman–Crippen LogP) is 4.82. The van der Waals surface area contributed by atoms with E-state index in [0.717, 1.165) is 34.7 Å². The molecule has 0 aliphatic rings. The van der Waals surface area contributed by atoms with Gasteiger partial charge in [0, 0.05) is 39.7 Å². The summed E-state index contributed by atoms with van der Waals surface area (Å²) in [4.78, 5) is 19.7. The van der Waals surface area contributed by atoms with Crippen LogP contribution in [0.25, 0.3) is 22.2 Å². The van der Waals surface area contributed by atoms with Gasteiger partial charge in [-0.15, -0.1) is 11.3 Å². The number of halogens is 2. The fourth-order valence-electron chi connectivity index (χ4n) is 2.59. The van der Waals surface area contributed by atoms with Crippen LogP contribution in [-0.2, 0) is 0 Å². The minimum Gasteiger partial charge on any atom is -0.360 e. The number of benzene rings is 2. The number of rotatable bonds is 3. The van der Waals surface area contributed by atoms with Crippen LogP contribution in [0.4, 0.5) is 13.9 Å². The summed E-state index contributed by atoms with van der Waals surface area (Å²) in [5.41, 5.74) is 2.53. The number of hydrogen-bond acceptors (Lipinski definition) is 3. The van der Waals surface area contributed by atoms with Gasteiger partial charge in [-0.3, -0.25) is 10.1 Å². The van der Waals surface area contributed by atoms with Gasteiger partial charge in [-0.25, -0.2) is 13.8 Å². The summed E-state index contributed by atoms with van der Waals surface area (Å²) in [6, 6.07) is 10.5. The monoisotopic (exact) mass is 355 g/mol. The summed E-state index contributed by atoms with van der Waals surface area (Å²) in [6.45, 7) is 0. The lowest BCUT2D eigenvalue weighted by Gasteiger charge is -2.02. The second-order valence-corrected chi connectivity index (χ2v) is 6.26. The van der Waals surface area contributed by atoms with Crippen LogP contribution in [0.2, 0.25) is 0 Å². The predicted molar refractivity (Wildman–Crippen MR) is 93.7 cm³/mol. The van der Waals surface area contributed by atoms with Gasteiger partial charge in [0.25, 0.3) is 5.91 Å². The van der Waals surface area contributed by atoms with Gasteiger partial charge >= 0.3 is 0 Å². The van der Waals surface area contributed by atoms with Gasteiger partial charge in [-0.2, -0.15) is 0 Å². The molecule has 2 aromatic heterocycles. The van der Waals surface area contributed by atoms with Gasteiger partial charge in [0.1, 0.15) is 11.6 Å². The second kappa shape index (κ2) is 6.10. The van der Waals surface area contributed by atoms with Gasteiger partial charge in [0.05, 0.1) is 5.69 Å². The number of nitrogens with one attached hydrogen (secondary N) is 2. The molecule has 0 saturated carbocycles. The standard InChI is InChI=1S/C18H11F2N3OS/c19-11-5-10(6-12(20)7-11)17(24)23-18-22-16(9-25-18)14-8-21-15-4-2-1-3-13(14)15/h1-9,21H,(H,22,23,24). The maximum Gasteiger partial charge on any atom is 0.257 e. The van der Waals surface area contributed by atoms with Crippen molar-refractivity contribution in [2.75, 3.05) is 5.32 Å². The highest BCUT2D eigenvalue weighted by Gasteiger charge is 2.14. The van der Waals surface area contributed by atoms with E-state index < -0.39 is 17.5 Å². The zero-order chi connectivity index (χ0) is 17.4. The van der Waals surface area contributed by atoms with Crippen LogP contribution in [0, 0.1) is 11.6 Å². The number of aromatic nitrogens is 2. The van der Waals surface area contributed by atoms with Crippen molar-refractivity contribution in [1.82, 2.24) is 9.97 Å². The van der Waals surface area contributed by atoms with Gasteiger partial charge in [-0.1, -0.05) is 18.2 Å². The van der Waals surface area contributed by atoms with E-state index in [2.05, 4.69) is 15.3 Å². The molecule has 2 aromatic carbocycles. The third-order valence-electron chi connectivity index (χ3n) is 3.71. The molecule has 0 spiro atoms. The molecule has 1 amide bonds. The van der Waals surface area contributed by atoms with Crippen LogP contribution >= 0.6 is 11.3 Å². The number of para-hydroxylation sites is 1. The van der Waals surface area contributed by atoms with E-state index in [4.69, 9.17) is 0 Å². The number of aromatic amines is 1. The number of carbonyl (C=O) groups is 1. The molecule has 4 rings (SSSR count). The summed E-state index contributed by atoms with van der Waals surface area (Å²) < 4.78 is 26.5. The lowest BCUT2D eigenvalue weighted by molar-refractivity contribution is 0.102. The number of fused-ring (bicyclic) bond motifs is 1. The molecule has 4 aromatic rings. The molecule has 25 heavy (non-hydrogen) atoms. The topological polar surface area (TPSA) is 57.8 Å². The van der Waals surface area contributed by atoms with Crippen LogP contribution in [-0.4, -0.2) is 15.9 Å². The largest absolute Gasteiger partial charge is 0.360 e. The summed E-state index contributed by atoms with van der Waals surface area (Å²) in [7, 11) is 0. The fraction of sp³-hybridized carbons (Fsp3) is 0. The smallest absolute Gasteiger partial charge is 0.257 e. The summed E-state index contributed by atoms with van der Waals surface area (Å²) >= 11 is 1.24. The molecule has 124 valence electrons.